The lowest BCUT2D eigenvalue weighted by Gasteiger charge is -2.29. The molecule has 0 radical (unpaired) electrons. The highest BCUT2D eigenvalue weighted by molar-refractivity contribution is 7.89. The van der Waals surface area contributed by atoms with Crippen LogP contribution in [0.2, 0.25) is 0 Å². The van der Waals surface area contributed by atoms with Crippen molar-refractivity contribution in [1.29, 1.82) is 0 Å². The topological polar surface area (TPSA) is 99.3 Å². The van der Waals surface area contributed by atoms with Crippen molar-refractivity contribution in [2.45, 2.75) is 50.5 Å². The van der Waals surface area contributed by atoms with E-state index in [0.717, 1.165) is 18.4 Å². The molecule has 1 amide bonds. The summed E-state index contributed by atoms with van der Waals surface area (Å²) in [7, 11) is -3.70. The van der Waals surface area contributed by atoms with Crippen molar-refractivity contribution in [3.8, 4) is 0 Å². The number of hydrogen-bond donors (Lipinski definition) is 2. The van der Waals surface area contributed by atoms with Gasteiger partial charge in [-0.1, -0.05) is 44.2 Å². The third kappa shape index (κ3) is 5.08. The number of aromatic amines is 1. The number of nitrogens with zero attached hydrogens (tertiary/aromatic N) is 1. The second-order valence-electron chi connectivity index (χ2n) is 9.09. The van der Waals surface area contributed by atoms with Crippen molar-refractivity contribution in [2.24, 2.45) is 5.92 Å². The molecule has 7 nitrogen and oxygen atoms in total. The van der Waals surface area contributed by atoms with Gasteiger partial charge in [0.15, 0.2) is 0 Å². The van der Waals surface area contributed by atoms with E-state index in [1.165, 1.54) is 22.6 Å². The fourth-order valence-corrected chi connectivity index (χ4v) is 5.86. The average Bonchev–Trinajstić information content (AvgIpc) is 2.84. The smallest absolute Gasteiger partial charge is 0.256 e. The summed E-state index contributed by atoms with van der Waals surface area (Å²) < 4.78 is 27.8. The minimum absolute atomic E-state index is 0.0274. The number of carbonyl (C=O) groups is 1. The van der Waals surface area contributed by atoms with E-state index in [-0.39, 0.29) is 21.9 Å². The number of sulfonamides is 1. The zero-order valence-corrected chi connectivity index (χ0v) is 20.4. The number of carbonyl (C=O) groups excluding carboxylic acids is 1. The SMILES string of the molecule is CC[C@H](Cc1ccccc1)NC(=O)c1c[nH]c2ccc(S(=O)(=O)N3CCC(C)CC3)cc2c1=O. The summed E-state index contributed by atoms with van der Waals surface area (Å²) in [5, 5.41) is 3.14. The first kappa shape index (κ1) is 24.2. The Morgan fingerprint density at radius 2 is 1.85 bits per heavy atom. The minimum Gasteiger partial charge on any atom is -0.360 e. The van der Waals surface area contributed by atoms with E-state index in [1.807, 2.05) is 37.3 Å². The third-order valence-corrected chi connectivity index (χ3v) is 8.52. The Bertz CT molecular complexity index is 1330. The Morgan fingerprint density at radius 1 is 1.15 bits per heavy atom. The summed E-state index contributed by atoms with van der Waals surface area (Å²) in [6, 6.07) is 14.2. The zero-order valence-electron chi connectivity index (χ0n) is 19.6. The monoisotopic (exact) mass is 481 g/mol. The summed E-state index contributed by atoms with van der Waals surface area (Å²) in [5.74, 6) is 0.0324. The molecule has 180 valence electrons. The van der Waals surface area contributed by atoms with Gasteiger partial charge < -0.3 is 10.3 Å². The van der Waals surface area contributed by atoms with Gasteiger partial charge in [-0.2, -0.15) is 4.31 Å². The van der Waals surface area contributed by atoms with Crippen LogP contribution < -0.4 is 10.7 Å². The van der Waals surface area contributed by atoms with Crippen LogP contribution in [0.25, 0.3) is 10.9 Å². The largest absolute Gasteiger partial charge is 0.360 e. The van der Waals surface area contributed by atoms with Crippen LogP contribution in [0.15, 0.2) is 64.4 Å². The van der Waals surface area contributed by atoms with Crippen LogP contribution in [0.1, 0.15) is 49.0 Å². The second-order valence-corrected chi connectivity index (χ2v) is 11.0. The van der Waals surface area contributed by atoms with Gasteiger partial charge in [0.05, 0.1) is 4.90 Å². The average molecular weight is 482 g/mol. The molecule has 8 heteroatoms. The highest BCUT2D eigenvalue weighted by Crippen LogP contribution is 2.25. The Balaban J connectivity index is 1.60. The molecule has 0 aliphatic carbocycles. The van der Waals surface area contributed by atoms with E-state index >= 15 is 0 Å². The summed E-state index contributed by atoms with van der Waals surface area (Å²) in [5.41, 5.74) is 1.08. The standard InChI is InChI=1S/C26H31N3O4S/c1-3-20(15-19-7-5-4-6-8-19)28-26(31)23-17-27-24-10-9-21(16-22(24)25(23)30)34(32,33)29-13-11-18(2)12-14-29/h4-10,16-18,20H,3,11-15H2,1-2H3,(H,27,30)(H,28,31)/t20-/m1/s1. The summed E-state index contributed by atoms with van der Waals surface area (Å²) >= 11 is 0. The molecular formula is C26H31N3O4S. The molecular weight excluding hydrogens is 450 g/mol. The van der Waals surface area contributed by atoms with Gasteiger partial charge in [-0.3, -0.25) is 9.59 Å². The van der Waals surface area contributed by atoms with E-state index in [9.17, 15) is 18.0 Å². The normalized spacial score (nSPS) is 16.4. The highest BCUT2D eigenvalue weighted by atomic mass is 32.2. The van der Waals surface area contributed by atoms with Crippen molar-refractivity contribution >= 4 is 26.8 Å². The second kappa shape index (κ2) is 10.1. The Kier molecular flexibility index (Phi) is 7.19. The van der Waals surface area contributed by atoms with E-state index in [4.69, 9.17) is 0 Å². The van der Waals surface area contributed by atoms with Crippen molar-refractivity contribution in [3.63, 3.8) is 0 Å². The maximum atomic E-state index is 13.2. The number of nitrogens with one attached hydrogen (secondary N) is 2. The number of fused-ring (bicyclic) bond motifs is 1. The van der Waals surface area contributed by atoms with E-state index in [2.05, 4.69) is 17.2 Å². The number of rotatable bonds is 7. The third-order valence-electron chi connectivity index (χ3n) is 6.63. The van der Waals surface area contributed by atoms with Gasteiger partial charge >= 0.3 is 0 Å². The molecule has 0 bridgehead atoms. The first-order chi connectivity index (χ1) is 16.3. The lowest BCUT2D eigenvalue weighted by Crippen LogP contribution is -2.38. The van der Waals surface area contributed by atoms with Crippen LogP contribution in [-0.4, -0.2) is 42.7 Å². The lowest BCUT2D eigenvalue weighted by molar-refractivity contribution is 0.0934. The van der Waals surface area contributed by atoms with Gasteiger partial charge in [-0.25, -0.2) is 8.42 Å². The molecule has 1 saturated heterocycles. The number of amides is 1. The molecule has 1 aliphatic heterocycles. The Labute approximate surface area is 200 Å². The number of aromatic nitrogens is 1. The van der Waals surface area contributed by atoms with Crippen molar-refractivity contribution < 1.29 is 13.2 Å². The van der Waals surface area contributed by atoms with Crippen molar-refractivity contribution in [2.75, 3.05) is 13.1 Å². The molecule has 3 aromatic rings. The van der Waals surface area contributed by atoms with Crippen LogP contribution in [0.3, 0.4) is 0 Å². The predicted octanol–water partition coefficient (Wildman–Crippen LogP) is 3.70. The van der Waals surface area contributed by atoms with Gasteiger partial charge in [0.25, 0.3) is 5.91 Å². The summed E-state index contributed by atoms with van der Waals surface area (Å²) in [4.78, 5) is 29.2. The molecule has 2 N–H and O–H groups in total. The maximum Gasteiger partial charge on any atom is 0.256 e. The van der Waals surface area contributed by atoms with E-state index < -0.39 is 21.4 Å². The Hall–Kier alpha value is -2.97. The van der Waals surface area contributed by atoms with Crippen LogP contribution in [-0.2, 0) is 16.4 Å². The quantitative estimate of drug-likeness (QED) is 0.537. The molecule has 1 aromatic heterocycles. The van der Waals surface area contributed by atoms with Crippen LogP contribution in [0, 0.1) is 5.92 Å². The number of benzene rings is 2. The first-order valence-electron chi connectivity index (χ1n) is 11.8. The number of hydrogen-bond acceptors (Lipinski definition) is 4. The lowest BCUT2D eigenvalue weighted by atomic mass is 10.0. The summed E-state index contributed by atoms with van der Waals surface area (Å²) in [6.45, 7) is 5.05. The van der Waals surface area contributed by atoms with Crippen LogP contribution in [0.4, 0.5) is 0 Å². The van der Waals surface area contributed by atoms with Crippen molar-refractivity contribution in [3.05, 3.63) is 76.1 Å². The van der Waals surface area contributed by atoms with Crippen molar-refractivity contribution in [1.82, 2.24) is 14.6 Å². The maximum absolute atomic E-state index is 13.2. The molecule has 0 spiro atoms. The fraction of sp³-hybridized carbons (Fsp3) is 0.385. The molecule has 4 rings (SSSR count). The zero-order chi connectivity index (χ0) is 24.3. The Morgan fingerprint density at radius 3 is 2.53 bits per heavy atom. The molecule has 2 aromatic carbocycles. The van der Waals surface area contributed by atoms with Gasteiger partial charge in [0.2, 0.25) is 15.5 Å². The summed E-state index contributed by atoms with van der Waals surface area (Å²) in [6.07, 6.45) is 4.41. The molecule has 0 saturated carbocycles. The predicted molar refractivity (Wildman–Crippen MR) is 133 cm³/mol. The number of piperidine rings is 1. The van der Waals surface area contributed by atoms with Crippen LogP contribution in [0.5, 0.6) is 0 Å². The van der Waals surface area contributed by atoms with Crippen LogP contribution >= 0.6 is 0 Å². The van der Waals surface area contributed by atoms with E-state index in [0.29, 0.717) is 37.4 Å². The molecule has 0 unspecified atom stereocenters. The first-order valence-corrected chi connectivity index (χ1v) is 13.2. The molecule has 2 heterocycles. The van der Waals surface area contributed by atoms with E-state index in [1.54, 1.807) is 6.07 Å². The number of H-pyrrole nitrogens is 1. The minimum atomic E-state index is -3.70. The van der Waals surface area contributed by atoms with Gasteiger partial charge in [0.1, 0.15) is 5.56 Å². The molecule has 34 heavy (non-hydrogen) atoms. The molecule has 1 fully saturated rings. The number of pyridine rings is 1. The van der Waals surface area contributed by atoms with Gasteiger partial charge in [-0.15, -0.1) is 0 Å². The van der Waals surface area contributed by atoms with Gasteiger partial charge in [0, 0.05) is 36.2 Å². The molecule has 1 atom stereocenters. The molecule has 1 aliphatic rings. The fourth-order valence-electron chi connectivity index (χ4n) is 4.36. The van der Waals surface area contributed by atoms with Gasteiger partial charge in [-0.05, 0) is 55.4 Å². The highest BCUT2D eigenvalue weighted by Gasteiger charge is 2.28.